The first kappa shape index (κ1) is 32.2. The van der Waals surface area contributed by atoms with E-state index < -0.39 is 60.2 Å². The van der Waals surface area contributed by atoms with Gasteiger partial charge in [-0.1, -0.05) is 0 Å². The minimum Gasteiger partial charge on any atom is -0.481 e. The third kappa shape index (κ3) is 12.4. The standard InChI is InChI=1S/C21H35N9O7S/c1-38-6-4-14(20(36)37)29-18(34)13(3-2-5-26-21(23)24)28-19(35)15(7-11-9-25-10-27-11)30-17(33)12(22)8-16(31)32/h9-10,12-15H,2-8,22H2,1H3,(H,25,27)(H,28,35)(H,29,34)(H,30,33)(H,31,32)(H,36,37)(H4,23,24,26). The van der Waals surface area contributed by atoms with Crippen molar-refractivity contribution in [3.05, 3.63) is 18.2 Å². The molecule has 1 aromatic rings. The van der Waals surface area contributed by atoms with Crippen LogP contribution in [-0.4, -0.2) is 98.5 Å². The molecule has 0 radical (unpaired) electrons. The smallest absolute Gasteiger partial charge is 0.326 e. The Morgan fingerprint density at radius 3 is 2.21 bits per heavy atom. The van der Waals surface area contributed by atoms with Crippen molar-refractivity contribution in [2.75, 3.05) is 18.6 Å². The van der Waals surface area contributed by atoms with E-state index in [1.165, 1.54) is 24.3 Å². The molecule has 3 amide bonds. The number of carbonyl (C=O) groups is 5. The summed E-state index contributed by atoms with van der Waals surface area (Å²) in [7, 11) is 0. The molecule has 1 aromatic heterocycles. The van der Waals surface area contributed by atoms with Gasteiger partial charge in [-0.15, -0.1) is 0 Å². The lowest BCUT2D eigenvalue weighted by Gasteiger charge is -2.25. The number of nitrogens with one attached hydrogen (secondary N) is 4. The molecule has 4 atom stereocenters. The number of amides is 3. The number of H-pyrrole nitrogens is 1. The summed E-state index contributed by atoms with van der Waals surface area (Å²) in [4.78, 5) is 71.7. The number of aliphatic imine (C=N–C) groups is 1. The SMILES string of the molecule is CSCCC(NC(=O)C(CCCN=C(N)N)NC(=O)C(Cc1cnc[nH]1)NC(=O)C(N)CC(=O)O)C(=O)O. The minimum atomic E-state index is -1.42. The number of carboxylic acids is 2. The van der Waals surface area contributed by atoms with Crippen LogP contribution < -0.4 is 33.2 Å². The number of carboxylic acid groups (broad SMARTS) is 2. The monoisotopic (exact) mass is 557 g/mol. The van der Waals surface area contributed by atoms with Crippen molar-refractivity contribution in [2.24, 2.45) is 22.2 Å². The van der Waals surface area contributed by atoms with Crippen LogP contribution in [0.5, 0.6) is 0 Å². The van der Waals surface area contributed by atoms with Crippen LogP contribution in [-0.2, 0) is 30.4 Å². The molecule has 0 bridgehead atoms. The lowest BCUT2D eigenvalue weighted by atomic mass is 10.1. The molecule has 0 aliphatic rings. The van der Waals surface area contributed by atoms with Crippen molar-refractivity contribution in [1.82, 2.24) is 25.9 Å². The molecule has 0 aromatic carbocycles. The largest absolute Gasteiger partial charge is 0.481 e. The number of imidazole rings is 1. The topological polar surface area (TPSA) is 281 Å². The van der Waals surface area contributed by atoms with E-state index in [9.17, 15) is 29.1 Å². The number of carbonyl (C=O) groups excluding carboxylic acids is 3. The molecule has 38 heavy (non-hydrogen) atoms. The lowest BCUT2D eigenvalue weighted by Crippen LogP contribution is -2.57. The quantitative estimate of drug-likeness (QED) is 0.0499. The van der Waals surface area contributed by atoms with Crippen LogP contribution in [0.15, 0.2) is 17.5 Å². The molecular weight excluding hydrogens is 522 g/mol. The molecule has 0 saturated carbocycles. The minimum absolute atomic E-state index is 0.0481. The van der Waals surface area contributed by atoms with Gasteiger partial charge in [0.2, 0.25) is 17.7 Å². The van der Waals surface area contributed by atoms with Crippen LogP contribution in [0, 0.1) is 0 Å². The molecule has 212 valence electrons. The first-order chi connectivity index (χ1) is 17.9. The maximum absolute atomic E-state index is 13.2. The number of hydrogen-bond acceptors (Lipinski definition) is 9. The number of nitrogens with two attached hydrogens (primary N) is 3. The lowest BCUT2D eigenvalue weighted by molar-refractivity contribution is -0.142. The highest BCUT2D eigenvalue weighted by atomic mass is 32.2. The van der Waals surface area contributed by atoms with E-state index in [1.54, 1.807) is 6.26 Å². The Labute approximate surface area is 223 Å². The number of aliphatic carboxylic acids is 2. The second-order valence-corrected chi connectivity index (χ2v) is 9.22. The molecule has 4 unspecified atom stereocenters. The Morgan fingerprint density at radius 2 is 1.66 bits per heavy atom. The van der Waals surface area contributed by atoms with Crippen LogP contribution in [0.1, 0.15) is 31.4 Å². The fraction of sp³-hybridized carbons (Fsp3) is 0.571. The molecule has 0 aliphatic carbocycles. The number of rotatable bonds is 18. The molecule has 0 spiro atoms. The molecule has 0 fully saturated rings. The summed E-state index contributed by atoms with van der Waals surface area (Å²) in [6, 6.07) is -5.05. The summed E-state index contributed by atoms with van der Waals surface area (Å²) in [5.74, 6) is -4.61. The predicted octanol–water partition coefficient (Wildman–Crippen LogP) is -2.90. The van der Waals surface area contributed by atoms with Gasteiger partial charge < -0.3 is 48.3 Å². The summed E-state index contributed by atoms with van der Waals surface area (Å²) >= 11 is 1.41. The van der Waals surface area contributed by atoms with Crippen LogP contribution in [0.3, 0.4) is 0 Å². The van der Waals surface area contributed by atoms with Gasteiger partial charge in [-0.05, 0) is 31.3 Å². The van der Waals surface area contributed by atoms with Crippen LogP contribution in [0.25, 0.3) is 0 Å². The molecule has 16 nitrogen and oxygen atoms in total. The van der Waals surface area contributed by atoms with E-state index in [0.717, 1.165) is 0 Å². The summed E-state index contributed by atoms with van der Waals surface area (Å²) in [6.45, 7) is 0.148. The maximum atomic E-state index is 13.2. The van der Waals surface area contributed by atoms with Crippen LogP contribution >= 0.6 is 11.8 Å². The van der Waals surface area contributed by atoms with Gasteiger partial charge in [-0.2, -0.15) is 11.8 Å². The average molecular weight is 558 g/mol. The molecule has 0 saturated heterocycles. The number of hydrogen-bond donors (Lipinski definition) is 9. The Balaban J connectivity index is 3.09. The first-order valence-corrected chi connectivity index (χ1v) is 13.0. The average Bonchev–Trinajstić information content (AvgIpc) is 3.35. The van der Waals surface area contributed by atoms with Crippen molar-refractivity contribution in [1.29, 1.82) is 0 Å². The van der Waals surface area contributed by atoms with Gasteiger partial charge in [0.05, 0.1) is 18.8 Å². The van der Waals surface area contributed by atoms with E-state index >= 15 is 0 Å². The van der Waals surface area contributed by atoms with E-state index in [2.05, 4.69) is 30.9 Å². The number of aromatic amines is 1. The summed E-state index contributed by atoms with van der Waals surface area (Å²) < 4.78 is 0. The van der Waals surface area contributed by atoms with Gasteiger partial charge in [0.1, 0.15) is 18.1 Å². The molecule has 17 heteroatoms. The molecule has 0 aliphatic heterocycles. The second kappa shape index (κ2) is 16.8. The third-order valence-electron chi connectivity index (χ3n) is 5.15. The Hall–Kier alpha value is -3.86. The Morgan fingerprint density at radius 1 is 1.03 bits per heavy atom. The van der Waals surface area contributed by atoms with Crippen LogP contribution in [0.4, 0.5) is 0 Å². The van der Waals surface area contributed by atoms with Crippen molar-refractivity contribution >= 4 is 47.4 Å². The van der Waals surface area contributed by atoms with E-state index in [4.69, 9.17) is 22.3 Å². The van der Waals surface area contributed by atoms with Crippen molar-refractivity contribution in [3.63, 3.8) is 0 Å². The summed E-state index contributed by atoms with van der Waals surface area (Å²) in [5.41, 5.74) is 16.7. The molecular formula is C21H35N9O7S. The number of aromatic nitrogens is 2. The fourth-order valence-electron chi connectivity index (χ4n) is 3.20. The number of nitrogens with zero attached hydrogens (tertiary/aromatic N) is 2. The van der Waals surface area contributed by atoms with Gasteiger partial charge in [-0.3, -0.25) is 24.2 Å². The number of thioether (sulfide) groups is 1. The number of guanidine groups is 1. The van der Waals surface area contributed by atoms with Crippen molar-refractivity contribution in [2.45, 2.75) is 56.3 Å². The highest BCUT2D eigenvalue weighted by Gasteiger charge is 2.30. The molecule has 12 N–H and O–H groups in total. The highest BCUT2D eigenvalue weighted by Crippen LogP contribution is 2.06. The zero-order valence-electron chi connectivity index (χ0n) is 20.9. The second-order valence-electron chi connectivity index (χ2n) is 8.24. The van der Waals surface area contributed by atoms with Gasteiger partial charge in [0.15, 0.2) is 5.96 Å². The predicted molar refractivity (Wildman–Crippen MR) is 139 cm³/mol. The Bertz CT molecular complexity index is 970. The van der Waals surface area contributed by atoms with E-state index in [-0.39, 0.29) is 38.2 Å². The van der Waals surface area contributed by atoms with Gasteiger partial charge >= 0.3 is 11.9 Å². The third-order valence-corrected chi connectivity index (χ3v) is 5.79. The zero-order chi connectivity index (χ0) is 28.7. The van der Waals surface area contributed by atoms with E-state index in [0.29, 0.717) is 11.4 Å². The molecule has 1 rings (SSSR count). The summed E-state index contributed by atoms with van der Waals surface area (Å²) in [6.07, 6.45) is 4.32. The van der Waals surface area contributed by atoms with Gasteiger partial charge in [0, 0.05) is 24.9 Å². The van der Waals surface area contributed by atoms with Crippen molar-refractivity contribution < 1.29 is 34.2 Å². The Kier molecular flexibility index (Phi) is 14.2. The van der Waals surface area contributed by atoms with Crippen molar-refractivity contribution in [3.8, 4) is 0 Å². The van der Waals surface area contributed by atoms with Crippen LogP contribution in [0.2, 0.25) is 0 Å². The maximum Gasteiger partial charge on any atom is 0.326 e. The van der Waals surface area contributed by atoms with Gasteiger partial charge in [0.25, 0.3) is 0 Å². The molecule has 1 heterocycles. The summed E-state index contributed by atoms with van der Waals surface area (Å²) in [5, 5.41) is 25.7. The zero-order valence-corrected chi connectivity index (χ0v) is 21.7. The normalized spacial score (nSPS) is 13.8. The highest BCUT2D eigenvalue weighted by molar-refractivity contribution is 7.98. The fourth-order valence-corrected chi connectivity index (χ4v) is 3.67. The van der Waals surface area contributed by atoms with Gasteiger partial charge in [-0.25, -0.2) is 9.78 Å². The van der Waals surface area contributed by atoms with E-state index in [1.807, 2.05) is 0 Å². The first-order valence-electron chi connectivity index (χ1n) is 11.6.